The van der Waals surface area contributed by atoms with Crippen LogP contribution < -0.4 is 10.4 Å². The molecule has 1 fully saturated rings. The van der Waals surface area contributed by atoms with Gasteiger partial charge in [0, 0.05) is 13.1 Å². The van der Waals surface area contributed by atoms with Crippen molar-refractivity contribution in [2.24, 2.45) is 0 Å². The van der Waals surface area contributed by atoms with Gasteiger partial charge in [-0.25, -0.2) is 0 Å². The Hall–Kier alpha value is -1.42. The van der Waals surface area contributed by atoms with Crippen molar-refractivity contribution in [3.05, 3.63) is 60.7 Å². The molecule has 26 heavy (non-hydrogen) atoms. The highest BCUT2D eigenvalue weighted by molar-refractivity contribution is 6.99. The molecule has 0 bridgehead atoms. The van der Waals surface area contributed by atoms with Crippen molar-refractivity contribution in [3.63, 3.8) is 0 Å². The van der Waals surface area contributed by atoms with Gasteiger partial charge < -0.3 is 4.43 Å². The van der Waals surface area contributed by atoms with Crippen LogP contribution in [0.4, 0.5) is 0 Å². The average molecular weight is 368 g/mol. The van der Waals surface area contributed by atoms with Crippen molar-refractivity contribution in [1.29, 1.82) is 0 Å². The largest absolute Gasteiger partial charge is 0.390 e. The molecular formula is C23H33NOSi. The normalized spacial score (nSPS) is 16.8. The van der Waals surface area contributed by atoms with Crippen molar-refractivity contribution in [1.82, 2.24) is 4.90 Å². The van der Waals surface area contributed by atoms with Gasteiger partial charge in [-0.2, -0.15) is 0 Å². The summed E-state index contributed by atoms with van der Waals surface area (Å²) in [6.45, 7) is 13.8. The Morgan fingerprint density at radius 2 is 1.15 bits per heavy atom. The van der Waals surface area contributed by atoms with Crippen LogP contribution in [0.3, 0.4) is 0 Å². The lowest BCUT2D eigenvalue weighted by Crippen LogP contribution is -2.70. The zero-order valence-corrected chi connectivity index (χ0v) is 18.0. The quantitative estimate of drug-likeness (QED) is 0.727. The topological polar surface area (TPSA) is 12.5 Å². The predicted molar refractivity (Wildman–Crippen MR) is 114 cm³/mol. The van der Waals surface area contributed by atoms with Gasteiger partial charge in [0.15, 0.2) is 0 Å². The van der Waals surface area contributed by atoms with E-state index in [9.17, 15) is 0 Å². The van der Waals surface area contributed by atoms with Gasteiger partial charge in [0.1, 0.15) is 5.72 Å². The molecule has 1 aliphatic heterocycles. The number of nitrogens with zero attached hydrogens (tertiary/aromatic N) is 1. The maximum absolute atomic E-state index is 7.31. The Balaban J connectivity index is 2.17. The third-order valence-corrected chi connectivity index (χ3v) is 10.9. The van der Waals surface area contributed by atoms with Crippen LogP contribution in [0.2, 0.25) is 5.04 Å². The molecule has 0 N–H and O–H groups in total. The molecule has 3 rings (SSSR count). The van der Waals surface area contributed by atoms with E-state index >= 15 is 0 Å². The van der Waals surface area contributed by atoms with Crippen LogP contribution in [0.25, 0.3) is 0 Å². The lowest BCUT2D eigenvalue weighted by atomic mass is 10.2. The first-order valence-electron chi connectivity index (χ1n) is 9.84. The van der Waals surface area contributed by atoms with Crippen molar-refractivity contribution >= 4 is 18.7 Å². The van der Waals surface area contributed by atoms with Gasteiger partial charge in [-0.1, -0.05) is 81.4 Å². The average Bonchev–Trinajstić information content (AvgIpc) is 3.16. The van der Waals surface area contributed by atoms with Gasteiger partial charge in [-0.15, -0.1) is 0 Å². The van der Waals surface area contributed by atoms with Gasteiger partial charge in [0.05, 0.1) is 0 Å². The Labute approximate surface area is 160 Å². The van der Waals surface area contributed by atoms with Crippen LogP contribution in [0.1, 0.15) is 47.5 Å². The van der Waals surface area contributed by atoms with Crippen molar-refractivity contribution < 1.29 is 4.43 Å². The predicted octanol–water partition coefficient (Wildman–Crippen LogP) is 4.39. The smallest absolute Gasteiger partial charge is 0.263 e. The minimum absolute atomic E-state index is 0.0205. The molecule has 2 aromatic carbocycles. The first-order chi connectivity index (χ1) is 12.3. The van der Waals surface area contributed by atoms with Gasteiger partial charge in [-0.05, 0) is 42.1 Å². The van der Waals surface area contributed by atoms with Crippen LogP contribution in [0.5, 0.6) is 0 Å². The SMILES string of the molecule is CC(C)(O[Si](c1ccccc1)(c1ccccc1)C(C)(C)C)N1CCCC1. The third-order valence-electron chi connectivity index (χ3n) is 5.69. The number of rotatable bonds is 5. The lowest BCUT2D eigenvalue weighted by molar-refractivity contribution is -0.0496. The molecule has 140 valence electrons. The Bertz CT molecular complexity index is 660. The van der Waals surface area contributed by atoms with Crippen molar-refractivity contribution in [2.45, 2.75) is 58.2 Å². The first kappa shape index (κ1) is 19.3. The molecule has 0 unspecified atom stereocenters. The number of benzene rings is 2. The fourth-order valence-electron chi connectivity index (χ4n) is 4.34. The van der Waals surface area contributed by atoms with E-state index in [4.69, 9.17) is 4.43 Å². The summed E-state index contributed by atoms with van der Waals surface area (Å²) in [4.78, 5) is 2.52. The number of hydrogen-bond acceptors (Lipinski definition) is 2. The maximum Gasteiger partial charge on any atom is 0.263 e. The van der Waals surface area contributed by atoms with Gasteiger partial charge in [-0.3, -0.25) is 4.90 Å². The molecule has 2 nitrogen and oxygen atoms in total. The van der Waals surface area contributed by atoms with E-state index in [1.807, 2.05) is 0 Å². The van der Waals surface area contributed by atoms with E-state index in [1.165, 1.54) is 23.2 Å². The Morgan fingerprint density at radius 1 is 0.731 bits per heavy atom. The van der Waals surface area contributed by atoms with Crippen molar-refractivity contribution in [3.8, 4) is 0 Å². The Kier molecular flexibility index (Phi) is 5.43. The van der Waals surface area contributed by atoms with Crippen LogP contribution in [-0.2, 0) is 4.43 Å². The fraction of sp³-hybridized carbons (Fsp3) is 0.478. The van der Waals surface area contributed by atoms with E-state index in [-0.39, 0.29) is 10.8 Å². The number of likely N-dealkylation sites (tertiary alicyclic amines) is 1. The summed E-state index contributed by atoms with van der Waals surface area (Å²) in [5.74, 6) is 0. The van der Waals surface area contributed by atoms with Crippen LogP contribution in [0.15, 0.2) is 60.7 Å². The summed E-state index contributed by atoms with van der Waals surface area (Å²) in [6.07, 6.45) is 2.54. The maximum atomic E-state index is 7.31. The van der Waals surface area contributed by atoms with Crippen molar-refractivity contribution in [2.75, 3.05) is 13.1 Å². The summed E-state index contributed by atoms with van der Waals surface area (Å²) in [5, 5.41) is 2.73. The second kappa shape index (κ2) is 7.30. The molecule has 0 radical (unpaired) electrons. The highest BCUT2D eigenvalue weighted by Gasteiger charge is 2.53. The molecule has 0 saturated carbocycles. The molecule has 0 amide bonds. The molecule has 1 heterocycles. The molecule has 2 aromatic rings. The molecule has 0 aliphatic carbocycles. The van der Waals surface area contributed by atoms with Crippen LogP contribution in [-0.4, -0.2) is 32.0 Å². The van der Waals surface area contributed by atoms with Gasteiger partial charge >= 0.3 is 0 Å². The minimum Gasteiger partial charge on any atom is -0.390 e. The summed E-state index contributed by atoms with van der Waals surface area (Å²) in [6, 6.07) is 21.9. The lowest BCUT2D eigenvalue weighted by Gasteiger charge is -2.50. The van der Waals surface area contributed by atoms with Crippen LogP contribution >= 0.6 is 0 Å². The summed E-state index contributed by atoms with van der Waals surface area (Å²) < 4.78 is 7.31. The molecule has 1 saturated heterocycles. The van der Waals surface area contributed by atoms with E-state index in [1.54, 1.807) is 0 Å². The number of hydrogen-bond donors (Lipinski definition) is 0. The molecular weight excluding hydrogens is 334 g/mol. The fourth-order valence-corrected chi connectivity index (χ4v) is 9.15. The highest BCUT2D eigenvalue weighted by Crippen LogP contribution is 2.40. The molecule has 0 spiro atoms. The van der Waals surface area contributed by atoms with E-state index in [0.29, 0.717) is 0 Å². The summed E-state index contributed by atoms with van der Waals surface area (Å²) in [5.41, 5.74) is -0.276. The van der Waals surface area contributed by atoms with E-state index < -0.39 is 8.32 Å². The summed E-state index contributed by atoms with van der Waals surface area (Å²) >= 11 is 0. The zero-order valence-electron chi connectivity index (χ0n) is 17.0. The van der Waals surface area contributed by atoms with Gasteiger partial charge in [0.2, 0.25) is 0 Å². The van der Waals surface area contributed by atoms with E-state index in [0.717, 1.165) is 13.1 Å². The first-order valence-corrected chi connectivity index (χ1v) is 11.7. The standard InChI is InChI=1S/C23H33NOSi/c1-22(2,3)26(20-14-8-6-9-15-20,21-16-10-7-11-17-21)25-23(4,5)24-18-12-13-19-24/h6-11,14-17H,12-13,18-19H2,1-5H3. The third kappa shape index (κ3) is 3.53. The molecule has 0 atom stereocenters. The van der Waals surface area contributed by atoms with Crippen LogP contribution in [0, 0.1) is 0 Å². The summed E-state index contributed by atoms with van der Waals surface area (Å²) in [7, 11) is -2.49. The minimum atomic E-state index is -2.49. The zero-order chi connectivity index (χ0) is 18.8. The Morgan fingerprint density at radius 3 is 1.54 bits per heavy atom. The second-order valence-corrected chi connectivity index (χ2v) is 13.1. The highest BCUT2D eigenvalue weighted by atomic mass is 28.4. The molecule has 0 aromatic heterocycles. The monoisotopic (exact) mass is 367 g/mol. The molecule has 1 aliphatic rings. The van der Waals surface area contributed by atoms with E-state index in [2.05, 4.69) is 100 Å². The van der Waals surface area contributed by atoms with Gasteiger partial charge in [0.25, 0.3) is 8.32 Å². The second-order valence-electron chi connectivity index (χ2n) is 8.91. The molecule has 3 heteroatoms.